The van der Waals surface area contributed by atoms with Gasteiger partial charge in [-0.1, -0.05) is 5.16 Å². The van der Waals surface area contributed by atoms with Crippen molar-refractivity contribution in [3.63, 3.8) is 0 Å². The summed E-state index contributed by atoms with van der Waals surface area (Å²) in [4.78, 5) is 17.5. The zero-order valence-corrected chi connectivity index (χ0v) is 12.3. The molecule has 108 valence electrons. The fourth-order valence-electron chi connectivity index (χ4n) is 1.68. The Morgan fingerprint density at radius 3 is 2.95 bits per heavy atom. The van der Waals surface area contributed by atoms with Gasteiger partial charge in [-0.25, -0.2) is 0 Å². The van der Waals surface area contributed by atoms with Crippen LogP contribution in [0, 0.1) is 6.92 Å². The van der Waals surface area contributed by atoms with Crippen LogP contribution in [0.25, 0.3) is 0 Å². The van der Waals surface area contributed by atoms with Gasteiger partial charge in [-0.2, -0.15) is 4.98 Å². The summed E-state index contributed by atoms with van der Waals surface area (Å²) in [6, 6.07) is 3.98. The van der Waals surface area contributed by atoms with Gasteiger partial charge >= 0.3 is 5.97 Å². The maximum atomic E-state index is 11.2. The van der Waals surface area contributed by atoms with Gasteiger partial charge in [-0.05, 0) is 19.1 Å². The molecular weight excluding hydrogens is 278 g/mol. The Morgan fingerprint density at radius 1 is 1.45 bits per heavy atom. The molecule has 0 spiro atoms. The van der Waals surface area contributed by atoms with E-state index < -0.39 is 0 Å². The third kappa shape index (κ3) is 4.43. The number of ether oxygens (including phenoxy) is 1. The zero-order valence-electron chi connectivity index (χ0n) is 11.5. The molecule has 0 unspecified atom stereocenters. The minimum Gasteiger partial charge on any atom is -0.469 e. The Balaban J connectivity index is 1.70. The average Bonchev–Trinajstić information content (AvgIpc) is 3.04. The first-order chi connectivity index (χ1) is 9.67. The third-order valence-electron chi connectivity index (χ3n) is 2.65. The van der Waals surface area contributed by atoms with E-state index in [2.05, 4.69) is 20.2 Å². The van der Waals surface area contributed by atoms with Crippen LogP contribution in [0.2, 0.25) is 0 Å². The van der Waals surface area contributed by atoms with E-state index in [0.717, 1.165) is 18.0 Å². The van der Waals surface area contributed by atoms with Crippen LogP contribution in [-0.2, 0) is 28.9 Å². The molecule has 0 saturated heterocycles. The second kappa shape index (κ2) is 7.16. The molecule has 0 fully saturated rings. The molecule has 0 amide bonds. The van der Waals surface area contributed by atoms with Crippen molar-refractivity contribution in [2.75, 3.05) is 13.7 Å². The number of carbonyl (C=O) groups is 1. The molecule has 0 radical (unpaired) electrons. The highest BCUT2D eigenvalue weighted by Gasteiger charge is 2.06. The molecule has 2 rings (SSSR count). The first kappa shape index (κ1) is 14.7. The molecule has 6 nitrogen and oxygen atoms in total. The van der Waals surface area contributed by atoms with E-state index in [1.165, 1.54) is 12.0 Å². The first-order valence-corrected chi connectivity index (χ1v) is 7.13. The van der Waals surface area contributed by atoms with Crippen LogP contribution in [-0.4, -0.2) is 29.8 Å². The van der Waals surface area contributed by atoms with Crippen LogP contribution in [0.1, 0.15) is 21.5 Å². The van der Waals surface area contributed by atoms with Crippen molar-refractivity contribution in [1.29, 1.82) is 0 Å². The molecule has 0 aliphatic rings. The number of nitrogens with one attached hydrogen (secondary N) is 1. The number of aromatic nitrogens is 2. The second-order valence-electron chi connectivity index (χ2n) is 4.28. The van der Waals surface area contributed by atoms with Crippen LogP contribution in [0.4, 0.5) is 0 Å². The SMILES string of the molecule is COC(=O)Cc1ccc(CNCCc2nc(C)no2)s1. The lowest BCUT2D eigenvalue weighted by atomic mass is 10.3. The van der Waals surface area contributed by atoms with Gasteiger partial charge in [0.05, 0.1) is 13.5 Å². The van der Waals surface area contributed by atoms with Crippen molar-refractivity contribution in [3.05, 3.63) is 33.6 Å². The summed E-state index contributed by atoms with van der Waals surface area (Å²) in [6.45, 7) is 3.33. The van der Waals surface area contributed by atoms with Crippen molar-refractivity contribution in [2.45, 2.75) is 26.3 Å². The zero-order chi connectivity index (χ0) is 14.4. The van der Waals surface area contributed by atoms with Crippen molar-refractivity contribution in [3.8, 4) is 0 Å². The molecule has 0 bridgehead atoms. The highest BCUT2D eigenvalue weighted by molar-refractivity contribution is 7.12. The normalized spacial score (nSPS) is 10.7. The van der Waals surface area contributed by atoms with E-state index in [-0.39, 0.29) is 5.97 Å². The molecule has 1 N–H and O–H groups in total. The van der Waals surface area contributed by atoms with Gasteiger partial charge in [0.25, 0.3) is 0 Å². The standard InChI is InChI=1S/C13H17N3O3S/c1-9-15-12(19-16-9)5-6-14-8-11-4-3-10(20-11)7-13(17)18-2/h3-4,14H,5-8H2,1-2H3. The Labute approximate surface area is 121 Å². The summed E-state index contributed by atoms with van der Waals surface area (Å²) >= 11 is 1.61. The number of aryl methyl sites for hydroxylation is 1. The van der Waals surface area contributed by atoms with Gasteiger partial charge < -0.3 is 14.6 Å². The molecule has 0 atom stereocenters. The quantitative estimate of drug-likeness (QED) is 0.616. The second-order valence-corrected chi connectivity index (χ2v) is 5.54. The molecule has 0 aliphatic heterocycles. The van der Waals surface area contributed by atoms with E-state index in [4.69, 9.17) is 4.52 Å². The third-order valence-corrected chi connectivity index (χ3v) is 3.73. The molecule has 2 aromatic rings. The lowest BCUT2D eigenvalue weighted by Crippen LogP contribution is -2.16. The van der Waals surface area contributed by atoms with Crippen LogP contribution in [0.3, 0.4) is 0 Å². The van der Waals surface area contributed by atoms with Gasteiger partial charge in [0.1, 0.15) is 0 Å². The van der Waals surface area contributed by atoms with E-state index in [1.54, 1.807) is 18.3 Å². The Bertz CT molecular complexity index is 565. The van der Waals surface area contributed by atoms with Gasteiger partial charge in [0.15, 0.2) is 5.82 Å². The van der Waals surface area contributed by atoms with Crippen LogP contribution in [0.5, 0.6) is 0 Å². The Hall–Kier alpha value is -1.73. The van der Waals surface area contributed by atoms with Crippen LogP contribution in [0.15, 0.2) is 16.7 Å². The number of carbonyl (C=O) groups excluding carboxylic acids is 1. The summed E-state index contributed by atoms with van der Waals surface area (Å²) < 4.78 is 9.67. The van der Waals surface area contributed by atoms with Crippen LogP contribution < -0.4 is 5.32 Å². The Morgan fingerprint density at radius 2 is 2.25 bits per heavy atom. The van der Waals surface area contributed by atoms with Crippen LogP contribution >= 0.6 is 11.3 Å². The minimum atomic E-state index is -0.210. The van der Waals surface area contributed by atoms with Gasteiger partial charge in [-0.3, -0.25) is 4.79 Å². The fraction of sp³-hybridized carbons (Fsp3) is 0.462. The number of thiophene rings is 1. The molecule has 2 heterocycles. The average molecular weight is 295 g/mol. The number of esters is 1. The lowest BCUT2D eigenvalue weighted by Gasteiger charge is -2.00. The molecule has 7 heteroatoms. The number of rotatable bonds is 7. The molecule has 0 aliphatic carbocycles. The first-order valence-electron chi connectivity index (χ1n) is 6.31. The van der Waals surface area contributed by atoms with Gasteiger partial charge in [0, 0.05) is 29.3 Å². The summed E-state index contributed by atoms with van der Waals surface area (Å²) in [5, 5.41) is 7.04. The Kier molecular flexibility index (Phi) is 5.25. The van der Waals surface area contributed by atoms with Crippen molar-refractivity contribution < 1.29 is 14.1 Å². The van der Waals surface area contributed by atoms with E-state index >= 15 is 0 Å². The van der Waals surface area contributed by atoms with Crippen molar-refractivity contribution in [1.82, 2.24) is 15.5 Å². The van der Waals surface area contributed by atoms with Crippen molar-refractivity contribution in [2.24, 2.45) is 0 Å². The summed E-state index contributed by atoms with van der Waals surface area (Å²) in [7, 11) is 1.40. The summed E-state index contributed by atoms with van der Waals surface area (Å²) in [5.74, 6) is 1.09. The minimum absolute atomic E-state index is 0.210. The smallest absolute Gasteiger partial charge is 0.310 e. The maximum absolute atomic E-state index is 11.2. The largest absolute Gasteiger partial charge is 0.469 e. The molecule has 20 heavy (non-hydrogen) atoms. The van der Waals surface area contributed by atoms with E-state index in [0.29, 0.717) is 24.6 Å². The van der Waals surface area contributed by atoms with Gasteiger partial charge in [0.2, 0.25) is 5.89 Å². The molecule has 0 aromatic carbocycles. The number of hydrogen-bond donors (Lipinski definition) is 1. The monoisotopic (exact) mass is 295 g/mol. The summed E-state index contributed by atoms with van der Waals surface area (Å²) in [5.41, 5.74) is 0. The number of hydrogen-bond acceptors (Lipinski definition) is 7. The molecule has 0 saturated carbocycles. The van der Waals surface area contributed by atoms with E-state index in [9.17, 15) is 4.79 Å². The van der Waals surface area contributed by atoms with Gasteiger partial charge in [-0.15, -0.1) is 11.3 Å². The predicted octanol–water partition coefficient (Wildman–Crippen LogP) is 1.49. The topological polar surface area (TPSA) is 77.2 Å². The fourth-order valence-corrected chi connectivity index (χ4v) is 2.65. The summed E-state index contributed by atoms with van der Waals surface area (Å²) in [6.07, 6.45) is 1.05. The maximum Gasteiger partial charge on any atom is 0.310 e. The van der Waals surface area contributed by atoms with E-state index in [1.807, 2.05) is 12.1 Å². The number of nitrogens with zero attached hydrogens (tertiary/aromatic N) is 2. The lowest BCUT2D eigenvalue weighted by molar-refractivity contribution is -0.139. The van der Waals surface area contributed by atoms with Crippen molar-refractivity contribution >= 4 is 17.3 Å². The number of methoxy groups -OCH3 is 1. The molecular formula is C13H17N3O3S. The predicted molar refractivity (Wildman–Crippen MR) is 74.5 cm³/mol. The highest BCUT2D eigenvalue weighted by Crippen LogP contribution is 2.17. The molecule has 2 aromatic heterocycles. The highest BCUT2D eigenvalue weighted by atomic mass is 32.1.